The van der Waals surface area contributed by atoms with Gasteiger partial charge in [-0.25, -0.2) is 4.79 Å². The molecule has 0 aromatic carbocycles. The third kappa shape index (κ3) is 11.8. The van der Waals surface area contributed by atoms with Crippen LogP contribution in [0.15, 0.2) is 6.20 Å². The second-order valence-corrected chi connectivity index (χ2v) is 11.6. The lowest BCUT2D eigenvalue weighted by Crippen LogP contribution is -2.36. The van der Waals surface area contributed by atoms with Crippen molar-refractivity contribution < 1.29 is 19.2 Å². The van der Waals surface area contributed by atoms with Gasteiger partial charge in [-0.2, -0.15) is 11.8 Å². The number of carbonyl (C=O) groups excluding carboxylic acids is 4. The van der Waals surface area contributed by atoms with Crippen LogP contribution in [0.2, 0.25) is 0 Å². The minimum absolute atomic E-state index is 0.00315. The predicted octanol–water partition coefficient (Wildman–Crippen LogP) is 1.51. The molecule has 0 aliphatic carbocycles. The first-order chi connectivity index (χ1) is 18.9. The van der Waals surface area contributed by atoms with Crippen LogP contribution in [0.1, 0.15) is 82.7 Å². The van der Waals surface area contributed by atoms with Gasteiger partial charge in [0.25, 0.3) is 0 Å². The number of hydrogen-bond donors (Lipinski definition) is 5. The molecule has 0 radical (unpaired) electrons. The highest BCUT2D eigenvalue weighted by atomic mass is 32.2. The van der Waals surface area contributed by atoms with E-state index in [0.717, 1.165) is 69.2 Å². The molecule has 2 aliphatic rings. The normalized spacial score (nSPS) is 19.7. The van der Waals surface area contributed by atoms with Crippen LogP contribution in [0.25, 0.3) is 0 Å². The number of urea groups is 1. The quantitative estimate of drug-likeness (QED) is 0.126. The van der Waals surface area contributed by atoms with Gasteiger partial charge in [0.1, 0.15) is 5.69 Å². The molecule has 3 heterocycles. The molecule has 0 bridgehead atoms. The number of rotatable bonds is 19. The molecule has 0 saturated carbocycles. The molecule has 3 rings (SSSR count). The molecule has 3 atom stereocenters. The molecule has 1 aromatic heterocycles. The van der Waals surface area contributed by atoms with E-state index < -0.39 is 0 Å². The highest BCUT2D eigenvalue weighted by Crippen LogP contribution is 2.33. The number of nitrogens with zero attached hydrogens (tertiary/aromatic N) is 3. The number of carbonyl (C=O) groups is 4. The third-order valence-corrected chi connectivity index (χ3v) is 8.51. The number of aromatic nitrogens is 3. The van der Waals surface area contributed by atoms with Crippen molar-refractivity contribution in [3.05, 3.63) is 11.9 Å². The minimum Gasteiger partial charge on any atom is -0.356 e. The fourth-order valence-electron chi connectivity index (χ4n) is 4.83. The molecule has 218 valence electrons. The second-order valence-electron chi connectivity index (χ2n) is 10.3. The van der Waals surface area contributed by atoms with Crippen LogP contribution < -0.4 is 26.6 Å². The van der Waals surface area contributed by atoms with Gasteiger partial charge in [0.05, 0.1) is 18.6 Å². The molecule has 5 amide bonds. The maximum atomic E-state index is 12.1. The number of amides is 5. The molecule has 2 saturated heterocycles. The van der Waals surface area contributed by atoms with E-state index in [2.05, 4.69) is 36.9 Å². The van der Waals surface area contributed by atoms with E-state index in [9.17, 15) is 19.2 Å². The zero-order valence-corrected chi connectivity index (χ0v) is 23.8. The minimum atomic E-state index is -0.0584. The largest absolute Gasteiger partial charge is 0.356 e. The molecule has 2 fully saturated rings. The average Bonchev–Trinajstić information content (AvgIpc) is 3.60. The van der Waals surface area contributed by atoms with Gasteiger partial charge in [-0.15, -0.1) is 5.10 Å². The Labute approximate surface area is 234 Å². The summed E-state index contributed by atoms with van der Waals surface area (Å²) in [6, 6.07) is 0.419. The third-order valence-electron chi connectivity index (χ3n) is 7.00. The molecule has 13 heteroatoms. The van der Waals surface area contributed by atoms with Crippen LogP contribution in [-0.4, -0.2) is 74.9 Å². The van der Waals surface area contributed by atoms with Crippen LogP contribution >= 0.6 is 11.8 Å². The van der Waals surface area contributed by atoms with Crippen LogP contribution in [0.5, 0.6) is 0 Å². The highest BCUT2D eigenvalue weighted by molar-refractivity contribution is 8.00. The molecule has 5 N–H and O–H groups in total. The Hall–Kier alpha value is -2.83. The molecule has 0 spiro atoms. The van der Waals surface area contributed by atoms with Crippen LogP contribution in [0.3, 0.4) is 0 Å². The molecular weight excluding hydrogens is 520 g/mol. The Morgan fingerprint density at radius 3 is 2.13 bits per heavy atom. The van der Waals surface area contributed by atoms with Gasteiger partial charge in [0, 0.05) is 56.6 Å². The summed E-state index contributed by atoms with van der Waals surface area (Å²) < 4.78 is 1.60. The van der Waals surface area contributed by atoms with Gasteiger partial charge in [-0.1, -0.05) is 24.5 Å². The summed E-state index contributed by atoms with van der Waals surface area (Å²) in [5, 5.41) is 22.9. The Balaban J connectivity index is 1.05. The predicted molar refractivity (Wildman–Crippen MR) is 150 cm³/mol. The number of nitrogens with one attached hydrogen (secondary N) is 5. The summed E-state index contributed by atoms with van der Waals surface area (Å²) >= 11 is 1.90. The first kappa shape index (κ1) is 30.7. The van der Waals surface area contributed by atoms with Crippen molar-refractivity contribution in [2.24, 2.45) is 7.05 Å². The van der Waals surface area contributed by atoms with Gasteiger partial charge < -0.3 is 26.6 Å². The lowest BCUT2D eigenvalue weighted by molar-refractivity contribution is -0.122. The van der Waals surface area contributed by atoms with Gasteiger partial charge in [-0.05, 0) is 38.5 Å². The fourth-order valence-corrected chi connectivity index (χ4v) is 6.38. The van der Waals surface area contributed by atoms with E-state index in [4.69, 9.17) is 0 Å². The summed E-state index contributed by atoms with van der Waals surface area (Å²) in [6.07, 6.45) is 11.2. The van der Waals surface area contributed by atoms with Crippen molar-refractivity contribution in [1.29, 1.82) is 0 Å². The SMILES string of the molecule is Cn1cc(CNC(=O)CCCCCNC(=O)CCCCCNC(=O)CCCC[C@@H]2SC[C@@H]3NC(=O)N[C@@H]32)nn1. The van der Waals surface area contributed by atoms with E-state index in [1.165, 1.54) is 0 Å². The van der Waals surface area contributed by atoms with Gasteiger partial charge in [0.15, 0.2) is 0 Å². The van der Waals surface area contributed by atoms with Gasteiger partial charge in [-0.3, -0.25) is 19.1 Å². The zero-order chi connectivity index (χ0) is 27.9. The van der Waals surface area contributed by atoms with Crippen molar-refractivity contribution in [2.75, 3.05) is 18.8 Å². The Morgan fingerprint density at radius 2 is 1.51 bits per heavy atom. The van der Waals surface area contributed by atoms with Gasteiger partial charge >= 0.3 is 6.03 Å². The topological polar surface area (TPSA) is 159 Å². The monoisotopic (exact) mass is 564 g/mol. The first-order valence-electron chi connectivity index (χ1n) is 14.2. The van der Waals surface area contributed by atoms with Crippen LogP contribution in [-0.2, 0) is 28.0 Å². The number of hydrogen-bond acceptors (Lipinski definition) is 7. The van der Waals surface area contributed by atoms with E-state index in [-0.39, 0.29) is 35.8 Å². The van der Waals surface area contributed by atoms with E-state index in [1.807, 2.05) is 11.8 Å². The Bertz CT molecular complexity index is 943. The highest BCUT2D eigenvalue weighted by Gasteiger charge is 2.42. The maximum Gasteiger partial charge on any atom is 0.315 e. The van der Waals surface area contributed by atoms with E-state index in [0.29, 0.717) is 44.1 Å². The average molecular weight is 565 g/mol. The van der Waals surface area contributed by atoms with E-state index in [1.54, 1.807) is 17.9 Å². The molecule has 2 aliphatic heterocycles. The molecule has 0 unspecified atom stereocenters. The molecule has 1 aromatic rings. The van der Waals surface area contributed by atoms with Crippen molar-refractivity contribution in [3.8, 4) is 0 Å². The molecular formula is C26H44N8O4S. The van der Waals surface area contributed by atoms with Crippen LogP contribution in [0.4, 0.5) is 4.79 Å². The number of fused-ring (bicyclic) bond motifs is 1. The Morgan fingerprint density at radius 1 is 0.897 bits per heavy atom. The smallest absolute Gasteiger partial charge is 0.315 e. The summed E-state index contributed by atoms with van der Waals surface area (Å²) in [6.45, 7) is 1.66. The number of unbranched alkanes of at least 4 members (excludes halogenated alkanes) is 5. The first-order valence-corrected chi connectivity index (χ1v) is 15.3. The van der Waals surface area contributed by atoms with Crippen molar-refractivity contribution in [1.82, 2.24) is 41.6 Å². The summed E-state index contributed by atoms with van der Waals surface area (Å²) in [5.74, 6) is 1.10. The number of aryl methyl sites for hydroxylation is 1. The van der Waals surface area contributed by atoms with Crippen molar-refractivity contribution >= 4 is 35.5 Å². The summed E-state index contributed by atoms with van der Waals surface area (Å²) in [7, 11) is 1.78. The van der Waals surface area contributed by atoms with Crippen LogP contribution in [0, 0.1) is 0 Å². The van der Waals surface area contributed by atoms with Crippen molar-refractivity contribution in [3.63, 3.8) is 0 Å². The lowest BCUT2D eigenvalue weighted by Gasteiger charge is -2.16. The fraction of sp³-hybridized carbons (Fsp3) is 0.769. The second kappa shape index (κ2) is 17.0. The standard InChI is InChI=1S/C26H44N8O4S/c1-34-17-19(32-33-34)16-29-24(37)12-5-3-9-14-27-22(35)11-4-2-8-15-28-23(36)13-7-6-10-21-25-20(18-39-21)30-26(38)31-25/h17,20-21,25H,2-16,18H2,1H3,(H,27,35)(H,28,36)(H,29,37)(H2,30,31,38)/t20-,21-,25-/m0/s1. The zero-order valence-electron chi connectivity index (χ0n) is 23.0. The lowest BCUT2D eigenvalue weighted by atomic mass is 10.0. The Kier molecular flexibility index (Phi) is 13.4. The van der Waals surface area contributed by atoms with Gasteiger partial charge in [0.2, 0.25) is 17.7 Å². The summed E-state index contributed by atoms with van der Waals surface area (Å²) in [5.41, 5.74) is 0.734. The van der Waals surface area contributed by atoms with Crippen molar-refractivity contribution in [2.45, 2.75) is 101 Å². The summed E-state index contributed by atoms with van der Waals surface area (Å²) in [4.78, 5) is 47.3. The van der Waals surface area contributed by atoms with E-state index >= 15 is 0 Å². The molecule has 12 nitrogen and oxygen atoms in total. The number of thioether (sulfide) groups is 1. The maximum absolute atomic E-state index is 12.1. The molecule has 39 heavy (non-hydrogen) atoms.